The van der Waals surface area contributed by atoms with E-state index in [-0.39, 0.29) is 11.8 Å². The molecule has 1 aliphatic heterocycles. The zero-order valence-corrected chi connectivity index (χ0v) is 9.38. The molecule has 0 atom stereocenters. The Kier molecular flexibility index (Phi) is 4.34. The van der Waals surface area contributed by atoms with Crippen LogP contribution in [0.1, 0.15) is 26.7 Å². The van der Waals surface area contributed by atoms with Gasteiger partial charge in [-0.1, -0.05) is 13.0 Å². The Morgan fingerprint density at radius 1 is 1.53 bits per heavy atom. The third-order valence-corrected chi connectivity index (χ3v) is 2.45. The van der Waals surface area contributed by atoms with Gasteiger partial charge in [0.1, 0.15) is 0 Å². The number of amides is 2. The fourth-order valence-electron chi connectivity index (χ4n) is 1.61. The number of rotatable bonds is 2. The molecule has 1 saturated heterocycles. The van der Waals surface area contributed by atoms with Crippen molar-refractivity contribution in [3.63, 3.8) is 0 Å². The first kappa shape index (κ1) is 11.8. The largest absolute Gasteiger partial charge is 0.354 e. The molecule has 1 N–H and O–H groups in total. The van der Waals surface area contributed by atoms with Gasteiger partial charge in [0.2, 0.25) is 11.8 Å². The molecule has 0 bridgehead atoms. The summed E-state index contributed by atoms with van der Waals surface area (Å²) < 4.78 is 0. The van der Waals surface area contributed by atoms with E-state index in [1.165, 1.54) is 0 Å². The first-order chi connectivity index (χ1) is 7.15. The van der Waals surface area contributed by atoms with Crippen molar-refractivity contribution in [3.05, 3.63) is 11.6 Å². The van der Waals surface area contributed by atoms with Crippen molar-refractivity contribution in [1.29, 1.82) is 0 Å². The van der Waals surface area contributed by atoms with Crippen LogP contribution in [0.4, 0.5) is 0 Å². The van der Waals surface area contributed by atoms with Crippen LogP contribution in [0.25, 0.3) is 0 Å². The summed E-state index contributed by atoms with van der Waals surface area (Å²) in [6, 6.07) is 0. The van der Waals surface area contributed by atoms with Crippen molar-refractivity contribution < 1.29 is 9.59 Å². The smallest absolute Gasteiger partial charge is 0.249 e. The quantitative estimate of drug-likeness (QED) is 0.682. The number of allylic oxidation sites excluding steroid dienone is 1. The Hall–Kier alpha value is -1.32. The topological polar surface area (TPSA) is 49.4 Å². The van der Waals surface area contributed by atoms with Crippen LogP contribution in [0, 0.1) is 0 Å². The highest BCUT2D eigenvalue weighted by molar-refractivity contribution is 5.93. The Morgan fingerprint density at radius 3 is 2.93 bits per heavy atom. The van der Waals surface area contributed by atoms with Crippen LogP contribution < -0.4 is 5.32 Å². The predicted molar refractivity (Wildman–Crippen MR) is 58.3 cm³/mol. The van der Waals surface area contributed by atoms with Crippen LogP contribution in [0.2, 0.25) is 0 Å². The molecule has 0 aromatic carbocycles. The second-order valence-corrected chi connectivity index (χ2v) is 3.69. The van der Waals surface area contributed by atoms with Crippen LogP contribution in [0.3, 0.4) is 0 Å². The number of carbonyl (C=O) groups excluding carboxylic acids is 2. The van der Waals surface area contributed by atoms with E-state index in [1.807, 2.05) is 19.9 Å². The maximum atomic E-state index is 11.9. The molecule has 2 amide bonds. The molecule has 0 spiro atoms. The summed E-state index contributed by atoms with van der Waals surface area (Å²) in [7, 11) is 0. The maximum Gasteiger partial charge on any atom is 0.249 e. The molecule has 0 aromatic rings. The van der Waals surface area contributed by atoms with Gasteiger partial charge >= 0.3 is 0 Å². The van der Waals surface area contributed by atoms with Crippen LogP contribution in [0.15, 0.2) is 11.6 Å². The number of hydrogen-bond acceptors (Lipinski definition) is 2. The number of nitrogens with one attached hydrogen (secondary N) is 1. The van der Waals surface area contributed by atoms with Gasteiger partial charge in [-0.05, 0) is 13.3 Å². The highest BCUT2D eigenvalue weighted by atomic mass is 16.2. The first-order valence-corrected chi connectivity index (χ1v) is 5.38. The molecule has 0 aromatic heterocycles. The van der Waals surface area contributed by atoms with E-state index in [0.29, 0.717) is 26.1 Å². The van der Waals surface area contributed by atoms with E-state index in [9.17, 15) is 9.59 Å². The lowest BCUT2D eigenvalue weighted by atomic mass is 10.2. The van der Waals surface area contributed by atoms with E-state index in [2.05, 4.69) is 5.32 Å². The predicted octanol–water partition coefficient (Wildman–Crippen LogP) is 0.691. The van der Waals surface area contributed by atoms with Crippen LogP contribution >= 0.6 is 0 Å². The van der Waals surface area contributed by atoms with E-state index in [1.54, 1.807) is 4.90 Å². The Balaban J connectivity index is 2.59. The summed E-state index contributed by atoms with van der Waals surface area (Å²) in [5.74, 6) is 0.0794. The molecule has 1 rings (SSSR count). The Bertz CT molecular complexity index is 284. The normalized spacial score (nSPS) is 18.4. The minimum Gasteiger partial charge on any atom is -0.354 e. The Labute approximate surface area is 90.3 Å². The van der Waals surface area contributed by atoms with Crippen LogP contribution in [-0.4, -0.2) is 36.3 Å². The summed E-state index contributed by atoms with van der Waals surface area (Å²) in [4.78, 5) is 24.7. The third-order valence-electron chi connectivity index (χ3n) is 2.45. The van der Waals surface area contributed by atoms with Crippen LogP contribution in [0.5, 0.6) is 0 Å². The molecule has 15 heavy (non-hydrogen) atoms. The molecule has 1 heterocycles. The van der Waals surface area contributed by atoms with Crippen molar-refractivity contribution in [2.75, 3.05) is 19.6 Å². The monoisotopic (exact) mass is 210 g/mol. The van der Waals surface area contributed by atoms with Crippen LogP contribution in [-0.2, 0) is 9.59 Å². The Morgan fingerprint density at radius 2 is 2.27 bits per heavy atom. The lowest BCUT2D eigenvalue weighted by Crippen LogP contribution is -2.34. The van der Waals surface area contributed by atoms with Gasteiger partial charge in [0.25, 0.3) is 0 Å². The number of nitrogens with zero attached hydrogens (tertiary/aromatic N) is 1. The van der Waals surface area contributed by atoms with Gasteiger partial charge in [0, 0.05) is 31.6 Å². The third kappa shape index (κ3) is 3.38. The average molecular weight is 210 g/mol. The maximum absolute atomic E-state index is 11.9. The average Bonchev–Trinajstić information content (AvgIpc) is 2.42. The number of carbonyl (C=O) groups is 2. The van der Waals surface area contributed by atoms with E-state index in [0.717, 1.165) is 12.0 Å². The molecule has 4 heteroatoms. The van der Waals surface area contributed by atoms with Gasteiger partial charge in [0.05, 0.1) is 0 Å². The molecule has 0 unspecified atom stereocenters. The van der Waals surface area contributed by atoms with Crippen molar-refractivity contribution in [2.24, 2.45) is 0 Å². The molecule has 84 valence electrons. The molecule has 0 aliphatic carbocycles. The molecule has 0 radical (unpaired) electrons. The second-order valence-electron chi connectivity index (χ2n) is 3.69. The summed E-state index contributed by atoms with van der Waals surface area (Å²) in [5, 5.41) is 2.75. The van der Waals surface area contributed by atoms with E-state index >= 15 is 0 Å². The fraction of sp³-hybridized carbons (Fsp3) is 0.636. The molecular weight excluding hydrogens is 192 g/mol. The molecule has 0 saturated carbocycles. The zero-order valence-electron chi connectivity index (χ0n) is 9.38. The minimum absolute atomic E-state index is 0.0300. The standard InChI is InChI=1S/C11H18N2O2/c1-3-4-9(2)11(15)13-7-5-10(14)12-6-8-13/h4H,3,5-8H2,1-2H3,(H,12,14). The van der Waals surface area contributed by atoms with Gasteiger partial charge in [-0.25, -0.2) is 0 Å². The summed E-state index contributed by atoms with van der Waals surface area (Å²) >= 11 is 0. The van der Waals surface area contributed by atoms with Gasteiger partial charge in [-0.3, -0.25) is 9.59 Å². The van der Waals surface area contributed by atoms with Crippen molar-refractivity contribution in [3.8, 4) is 0 Å². The lowest BCUT2D eigenvalue weighted by Gasteiger charge is -2.19. The summed E-state index contributed by atoms with van der Waals surface area (Å²) in [5.41, 5.74) is 0.770. The number of hydrogen-bond donors (Lipinski definition) is 1. The minimum atomic E-state index is 0.0300. The van der Waals surface area contributed by atoms with Gasteiger partial charge in [-0.15, -0.1) is 0 Å². The molecule has 4 nitrogen and oxygen atoms in total. The highest BCUT2D eigenvalue weighted by Crippen LogP contribution is 2.05. The van der Waals surface area contributed by atoms with E-state index < -0.39 is 0 Å². The zero-order chi connectivity index (χ0) is 11.3. The first-order valence-electron chi connectivity index (χ1n) is 5.38. The molecule has 1 fully saturated rings. The van der Waals surface area contributed by atoms with Gasteiger partial charge < -0.3 is 10.2 Å². The summed E-state index contributed by atoms with van der Waals surface area (Å²) in [6.45, 7) is 5.53. The highest BCUT2D eigenvalue weighted by Gasteiger charge is 2.18. The van der Waals surface area contributed by atoms with Gasteiger partial charge in [-0.2, -0.15) is 0 Å². The lowest BCUT2D eigenvalue weighted by molar-refractivity contribution is -0.127. The molecular formula is C11H18N2O2. The van der Waals surface area contributed by atoms with Crippen molar-refractivity contribution in [2.45, 2.75) is 26.7 Å². The SMILES string of the molecule is CCC=C(C)C(=O)N1CCNC(=O)CC1. The fourth-order valence-corrected chi connectivity index (χ4v) is 1.61. The summed E-state index contributed by atoms with van der Waals surface area (Å²) in [6.07, 6.45) is 3.19. The molecule has 1 aliphatic rings. The van der Waals surface area contributed by atoms with Gasteiger partial charge in [0.15, 0.2) is 0 Å². The van der Waals surface area contributed by atoms with E-state index in [4.69, 9.17) is 0 Å². The van der Waals surface area contributed by atoms with Crippen molar-refractivity contribution in [1.82, 2.24) is 10.2 Å². The van der Waals surface area contributed by atoms with Crippen molar-refractivity contribution >= 4 is 11.8 Å². The second kappa shape index (κ2) is 5.53.